The number of carbonyl (C=O) groups is 1. The summed E-state index contributed by atoms with van der Waals surface area (Å²) >= 11 is 0. The Hall–Kier alpha value is -3.41. The summed E-state index contributed by atoms with van der Waals surface area (Å²) in [5.41, 5.74) is 4.48. The molecule has 0 unspecified atom stereocenters. The summed E-state index contributed by atoms with van der Waals surface area (Å²) in [5, 5.41) is 6.57. The molecule has 0 saturated heterocycles. The average Bonchev–Trinajstić information content (AvgIpc) is 2.79. The quantitative estimate of drug-likeness (QED) is 0.220. The lowest BCUT2D eigenvalue weighted by atomic mass is 10.1. The van der Waals surface area contributed by atoms with Crippen molar-refractivity contribution in [3.63, 3.8) is 0 Å². The van der Waals surface area contributed by atoms with E-state index in [0.29, 0.717) is 18.5 Å². The number of ether oxygens (including phenoxy) is 1. The first-order chi connectivity index (χ1) is 15.0. The Morgan fingerprint density at radius 3 is 2.58 bits per heavy atom. The minimum absolute atomic E-state index is 0.241. The first-order valence-corrected chi connectivity index (χ1v) is 10.7. The SMILES string of the molecule is CC[N+](CC)=c1cc2oc3cc(NCCC(=O)OC)c4ccccc4c3nc-2cc1C. The van der Waals surface area contributed by atoms with Gasteiger partial charge in [0.05, 0.1) is 19.6 Å². The fraction of sp³-hybridized carbons (Fsp3) is 0.320. The molecule has 4 rings (SSSR count). The van der Waals surface area contributed by atoms with Gasteiger partial charge in [0.2, 0.25) is 5.36 Å². The van der Waals surface area contributed by atoms with Crippen molar-refractivity contribution in [1.29, 1.82) is 0 Å². The van der Waals surface area contributed by atoms with Crippen LogP contribution in [0.3, 0.4) is 0 Å². The second kappa shape index (κ2) is 8.76. The van der Waals surface area contributed by atoms with Crippen LogP contribution in [-0.2, 0) is 9.53 Å². The molecule has 1 aliphatic heterocycles. The van der Waals surface area contributed by atoms with Crippen LogP contribution in [0.1, 0.15) is 25.8 Å². The molecular formula is C25H28N3O3+. The largest absolute Gasteiger partial charge is 0.469 e. The number of aryl methyl sites for hydroxylation is 1. The number of rotatable bonds is 6. The molecular weight excluding hydrogens is 390 g/mol. The topological polar surface area (TPSA) is 67.4 Å². The van der Waals surface area contributed by atoms with Gasteiger partial charge >= 0.3 is 5.97 Å². The van der Waals surface area contributed by atoms with Crippen LogP contribution >= 0.6 is 0 Å². The zero-order chi connectivity index (χ0) is 22.0. The summed E-state index contributed by atoms with van der Waals surface area (Å²) in [7, 11) is 1.40. The molecule has 0 aromatic heterocycles. The van der Waals surface area contributed by atoms with Crippen molar-refractivity contribution in [3.8, 4) is 11.5 Å². The molecule has 0 bridgehead atoms. The molecule has 0 fully saturated rings. The number of benzene rings is 3. The van der Waals surface area contributed by atoms with Crippen LogP contribution in [0, 0.1) is 6.92 Å². The Labute approximate surface area is 181 Å². The van der Waals surface area contributed by atoms with Gasteiger partial charge < -0.3 is 14.5 Å². The highest BCUT2D eigenvalue weighted by atomic mass is 16.5. The third-order valence-corrected chi connectivity index (χ3v) is 5.69. The Morgan fingerprint density at radius 1 is 1.13 bits per heavy atom. The molecule has 0 saturated carbocycles. The fourth-order valence-electron chi connectivity index (χ4n) is 4.05. The highest BCUT2D eigenvalue weighted by molar-refractivity contribution is 6.10. The van der Waals surface area contributed by atoms with E-state index in [1.165, 1.54) is 18.0 Å². The number of carbonyl (C=O) groups excluding carboxylic acids is 1. The zero-order valence-electron chi connectivity index (χ0n) is 18.5. The second-order valence-corrected chi connectivity index (χ2v) is 7.56. The third-order valence-electron chi connectivity index (χ3n) is 5.69. The number of nitrogens with one attached hydrogen (secondary N) is 1. The summed E-state index contributed by atoms with van der Waals surface area (Å²) in [4.78, 5) is 16.5. The van der Waals surface area contributed by atoms with Crippen LogP contribution in [0.15, 0.2) is 46.9 Å². The Morgan fingerprint density at radius 2 is 1.87 bits per heavy atom. The molecule has 2 aromatic rings. The summed E-state index contributed by atoms with van der Waals surface area (Å²) < 4.78 is 13.4. The molecule has 0 radical (unpaired) electrons. The number of nitrogens with zero attached hydrogens (tertiary/aromatic N) is 2. The molecule has 6 heteroatoms. The van der Waals surface area contributed by atoms with Crippen LogP contribution in [0.25, 0.3) is 33.3 Å². The van der Waals surface area contributed by atoms with E-state index < -0.39 is 0 Å². The summed E-state index contributed by atoms with van der Waals surface area (Å²) in [5.74, 6) is 0.519. The lowest BCUT2D eigenvalue weighted by Gasteiger charge is -2.14. The van der Waals surface area contributed by atoms with Crippen LogP contribution < -0.4 is 15.2 Å². The maximum absolute atomic E-state index is 11.5. The van der Waals surface area contributed by atoms with Gasteiger partial charge in [0.1, 0.15) is 24.3 Å². The standard InChI is InChI=1S/C25H27N3O3/c1-5-28(6-2)21-15-22-20(13-16(21)3)27-25-18-10-8-7-9-17(18)19(14-23(25)31-22)26-12-11-24(29)30-4/h7-10,13-15H,5-6,11-12H2,1-4H3/p+1. The van der Waals surface area contributed by atoms with E-state index in [1.54, 1.807) is 0 Å². The van der Waals surface area contributed by atoms with Gasteiger partial charge in [-0.2, -0.15) is 0 Å². The van der Waals surface area contributed by atoms with Gasteiger partial charge in [-0.15, -0.1) is 0 Å². The molecule has 0 atom stereocenters. The van der Waals surface area contributed by atoms with Crippen molar-refractivity contribution in [2.75, 3.05) is 32.1 Å². The van der Waals surface area contributed by atoms with Crippen molar-refractivity contribution < 1.29 is 13.9 Å². The number of methoxy groups -OCH3 is 1. The number of hydrogen-bond donors (Lipinski definition) is 1. The normalized spacial score (nSPS) is 11.2. The van der Waals surface area contributed by atoms with Crippen LogP contribution in [0.4, 0.5) is 5.69 Å². The molecule has 0 amide bonds. The number of hydrogen-bond acceptors (Lipinski definition) is 5. The molecule has 160 valence electrons. The first kappa shape index (κ1) is 20.8. The molecule has 1 aliphatic carbocycles. The van der Waals surface area contributed by atoms with Gasteiger partial charge in [-0.3, -0.25) is 4.79 Å². The average molecular weight is 419 g/mol. The van der Waals surface area contributed by atoms with Crippen LogP contribution in [-0.4, -0.2) is 37.7 Å². The predicted molar refractivity (Wildman–Crippen MR) is 124 cm³/mol. The number of esters is 1. The van der Waals surface area contributed by atoms with Crippen molar-refractivity contribution >= 4 is 33.5 Å². The predicted octanol–water partition coefficient (Wildman–Crippen LogP) is 4.18. The molecule has 31 heavy (non-hydrogen) atoms. The van der Waals surface area contributed by atoms with Gasteiger partial charge in [0.25, 0.3) is 0 Å². The van der Waals surface area contributed by atoms with Gasteiger partial charge in [-0.05, 0) is 26.8 Å². The highest BCUT2D eigenvalue weighted by Gasteiger charge is 2.17. The van der Waals surface area contributed by atoms with Crippen molar-refractivity contribution in [3.05, 3.63) is 53.4 Å². The Kier molecular flexibility index (Phi) is 5.89. The smallest absolute Gasteiger partial charge is 0.307 e. The zero-order valence-corrected chi connectivity index (χ0v) is 18.5. The summed E-state index contributed by atoms with van der Waals surface area (Å²) in [6.07, 6.45) is 0.294. The summed E-state index contributed by atoms with van der Waals surface area (Å²) in [6, 6.07) is 14.3. The molecule has 0 spiro atoms. The Balaban J connectivity index is 1.92. The van der Waals surface area contributed by atoms with E-state index in [0.717, 1.165) is 46.5 Å². The van der Waals surface area contributed by atoms with Crippen LogP contribution in [0.2, 0.25) is 0 Å². The first-order valence-electron chi connectivity index (χ1n) is 10.7. The lowest BCUT2D eigenvalue weighted by molar-refractivity contribution is -0.140. The number of aromatic nitrogens is 1. The van der Waals surface area contributed by atoms with E-state index in [-0.39, 0.29) is 5.97 Å². The van der Waals surface area contributed by atoms with Crippen LogP contribution in [0.5, 0.6) is 0 Å². The van der Waals surface area contributed by atoms with Gasteiger partial charge in [-0.25, -0.2) is 9.56 Å². The molecule has 6 nitrogen and oxygen atoms in total. The molecule has 2 aromatic carbocycles. The van der Waals surface area contributed by atoms with Gasteiger partial charge in [-0.1, -0.05) is 24.3 Å². The molecule has 1 N–H and O–H groups in total. The minimum Gasteiger partial charge on any atom is -0.469 e. The van der Waals surface area contributed by atoms with Gasteiger partial charge in [0.15, 0.2) is 11.3 Å². The fourth-order valence-corrected chi connectivity index (χ4v) is 4.05. The van der Waals surface area contributed by atoms with E-state index in [4.69, 9.17) is 14.1 Å². The monoisotopic (exact) mass is 418 g/mol. The third kappa shape index (κ3) is 3.98. The van der Waals surface area contributed by atoms with E-state index >= 15 is 0 Å². The lowest BCUT2D eigenvalue weighted by Crippen LogP contribution is -2.31. The molecule has 2 aliphatic rings. The van der Waals surface area contributed by atoms with E-state index in [9.17, 15) is 4.79 Å². The number of fused-ring (bicyclic) bond motifs is 4. The van der Waals surface area contributed by atoms with Crippen molar-refractivity contribution in [1.82, 2.24) is 9.56 Å². The highest BCUT2D eigenvalue weighted by Crippen LogP contribution is 2.34. The number of anilines is 1. The molecule has 1 heterocycles. The van der Waals surface area contributed by atoms with E-state index in [2.05, 4.69) is 54.9 Å². The second-order valence-electron chi connectivity index (χ2n) is 7.56. The summed E-state index contributed by atoms with van der Waals surface area (Å²) in [6.45, 7) is 8.77. The maximum Gasteiger partial charge on any atom is 0.307 e. The van der Waals surface area contributed by atoms with Gasteiger partial charge in [0, 0.05) is 34.6 Å². The van der Waals surface area contributed by atoms with E-state index in [1.807, 2.05) is 18.2 Å². The van der Waals surface area contributed by atoms with Crippen molar-refractivity contribution in [2.45, 2.75) is 27.2 Å². The Bertz CT molecular complexity index is 1300. The minimum atomic E-state index is -0.241. The maximum atomic E-state index is 11.5. The van der Waals surface area contributed by atoms with Crippen molar-refractivity contribution in [2.24, 2.45) is 0 Å².